The zero-order valence-electron chi connectivity index (χ0n) is 10.1. The van der Waals surface area contributed by atoms with Crippen LogP contribution in [0.5, 0.6) is 5.75 Å². The first-order valence-electron chi connectivity index (χ1n) is 5.58. The maximum atomic E-state index is 11.6. The van der Waals surface area contributed by atoms with Crippen LogP contribution in [0.2, 0.25) is 0 Å². The summed E-state index contributed by atoms with van der Waals surface area (Å²) in [5.74, 6) is 0.449. The highest BCUT2D eigenvalue weighted by Crippen LogP contribution is 2.12. The van der Waals surface area contributed by atoms with Crippen LogP contribution in [0.15, 0.2) is 24.3 Å². The molecular formula is C13H17BrO3. The number of rotatable bonds is 6. The van der Waals surface area contributed by atoms with Gasteiger partial charge >= 0.3 is 5.97 Å². The van der Waals surface area contributed by atoms with E-state index in [0.29, 0.717) is 17.0 Å². The van der Waals surface area contributed by atoms with Crippen molar-refractivity contribution in [3.63, 3.8) is 0 Å². The first-order chi connectivity index (χ1) is 8.13. The van der Waals surface area contributed by atoms with Crippen LogP contribution in [0.3, 0.4) is 0 Å². The molecule has 1 atom stereocenters. The molecule has 0 radical (unpaired) electrons. The Labute approximate surface area is 110 Å². The quantitative estimate of drug-likeness (QED) is 0.459. The second kappa shape index (κ2) is 7.33. The zero-order valence-corrected chi connectivity index (χ0v) is 11.7. The summed E-state index contributed by atoms with van der Waals surface area (Å²) in [4.78, 5) is 12.1. The van der Waals surface area contributed by atoms with Crippen LogP contribution in [0, 0.1) is 0 Å². The van der Waals surface area contributed by atoms with Crippen LogP contribution in [0.25, 0.3) is 0 Å². The van der Waals surface area contributed by atoms with Crippen molar-refractivity contribution in [3.8, 4) is 5.75 Å². The van der Waals surface area contributed by atoms with Gasteiger partial charge in [-0.15, -0.1) is 0 Å². The summed E-state index contributed by atoms with van der Waals surface area (Å²) in [6, 6.07) is 6.90. The van der Waals surface area contributed by atoms with Crippen molar-refractivity contribution in [2.75, 3.05) is 13.7 Å². The minimum Gasteiger partial charge on any atom is -0.497 e. The molecule has 3 nitrogen and oxygen atoms in total. The van der Waals surface area contributed by atoms with Crippen LogP contribution >= 0.6 is 15.9 Å². The zero-order chi connectivity index (χ0) is 12.7. The van der Waals surface area contributed by atoms with E-state index >= 15 is 0 Å². The molecule has 0 aliphatic rings. The summed E-state index contributed by atoms with van der Waals surface area (Å²) in [6.07, 6.45) is 1.87. The lowest BCUT2D eigenvalue weighted by atomic mass is 10.2. The summed E-state index contributed by atoms with van der Waals surface area (Å²) < 4.78 is 10.2. The molecule has 0 amide bonds. The maximum Gasteiger partial charge on any atom is 0.338 e. The summed E-state index contributed by atoms with van der Waals surface area (Å²) in [6.45, 7) is 2.53. The summed E-state index contributed by atoms with van der Waals surface area (Å²) >= 11 is 3.45. The monoisotopic (exact) mass is 300 g/mol. The molecule has 4 heteroatoms. The highest BCUT2D eigenvalue weighted by atomic mass is 79.9. The highest BCUT2D eigenvalue weighted by Gasteiger charge is 2.07. The molecule has 1 aromatic rings. The Morgan fingerprint density at radius 2 is 2.00 bits per heavy atom. The van der Waals surface area contributed by atoms with Crippen LogP contribution in [0.1, 0.15) is 30.1 Å². The SMILES string of the molecule is COc1ccc(C(=O)OCCCC(C)Br)cc1. The second-order valence-corrected chi connectivity index (χ2v) is 5.35. The van der Waals surface area contributed by atoms with Gasteiger partial charge in [0.05, 0.1) is 19.3 Å². The molecule has 0 heterocycles. The number of esters is 1. The van der Waals surface area contributed by atoms with E-state index in [-0.39, 0.29) is 5.97 Å². The standard InChI is InChI=1S/C13H17BrO3/c1-10(14)4-3-9-17-13(15)11-5-7-12(16-2)8-6-11/h5-8,10H,3-4,9H2,1-2H3. The maximum absolute atomic E-state index is 11.6. The van der Waals surface area contributed by atoms with Crippen molar-refractivity contribution in [2.24, 2.45) is 0 Å². The number of halogens is 1. The van der Waals surface area contributed by atoms with Crippen molar-refractivity contribution in [1.29, 1.82) is 0 Å². The average molecular weight is 301 g/mol. The van der Waals surface area contributed by atoms with Gasteiger partial charge in [-0.25, -0.2) is 4.79 Å². The highest BCUT2D eigenvalue weighted by molar-refractivity contribution is 9.09. The van der Waals surface area contributed by atoms with E-state index in [1.54, 1.807) is 31.4 Å². The fourth-order valence-electron chi connectivity index (χ4n) is 1.34. The Balaban J connectivity index is 2.36. The number of alkyl halides is 1. The Morgan fingerprint density at radius 3 is 2.53 bits per heavy atom. The first kappa shape index (κ1) is 14.0. The van der Waals surface area contributed by atoms with Gasteiger partial charge in [0.1, 0.15) is 5.75 Å². The van der Waals surface area contributed by atoms with Gasteiger partial charge in [0.15, 0.2) is 0 Å². The molecule has 0 saturated heterocycles. The summed E-state index contributed by atoms with van der Waals surface area (Å²) in [5, 5.41) is 0. The van der Waals surface area contributed by atoms with Gasteiger partial charge in [-0.05, 0) is 37.1 Å². The molecule has 1 unspecified atom stereocenters. The largest absolute Gasteiger partial charge is 0.497 e. The number of carbonyl (C=O) groups excluding carboxylic acids is 1. The fourth-order valence-corrected chi connectivity index (χ4v) is 1.66. The van der Waals surface area contributed by atoms with Gasteiger partial charge in [-0.1, -0.05) is 22.9 Å². The average Bonchev–Trinajstić information content (AvgIpc) is 2.34. The molecule has 0 aliphatic heterocycles. The van der Waals surface area contributed by atoms with Gasteiger partial charge in [0, 0.05) is 4.83 Å². The predicted molar refractivity (Wildman–Crippen MR) is 70.9 cm³/mol. The third-order valence-corrected chi connectivity index (χ3v) is 2.76. The molecular weight excluding hydrogens is 284 g/mol. The summed E-state index contributed by atoms with van der Waals surface area (Å²) in [7, 11) is 1.59. The van der Waals surface area contributed by atoms with Crippen molar-refractivity contribution < 1.29 is 14.3 Å². The van der Waals surface area contributed by atoms with Crippen molar-refractivity contribution >= 4 is 21.9 Å². The lowest BCUT2D eigenvalue weighted by Crippen LogP contribution is -2.07. The van der Waals surface area contributed by atoms with E-state index in [2.05, 4.69) is 22.9 Å². The van der Waals surface area contributed by atoms with Gasteiger partial charge in [0.2, 0.25) is 0 Å². The van der Waals surface area contributed by atoms with E-state index < -0.39 is 0 Å². The minimum absolute atomic E-state index is 0.283. The topological polar surface area (TPSA) is 35.5 Å². The number of benzene rings is 1. The lowest BCUT2D eigenvalue weighted by molar-refractivity contribution is 0.0498. The van der Waals surface area contributed by atoms with E-state index in [1.807, 2.05) is 0 Å². The molecule has 1 aromatic carbocycles. The van der Waals surface area contributed by atoms with Gasteiger partial charge in [-0.2, -0.15) is 0 Å². The minimum atomic E-state index is -0.283. The van der Waals surface area contributed by atoms with Gasteiger partial charge in [-0.3, -0.25) is 0 Å². The number of ether oxygens (including phenoxy) is 2. The van der Waals surface area contributed by atoms with Crippen molar-refractivity contribution in [1.82, 2.24) is 0 Å². The first-order valence-corrected chi connectivity index (χ1v) is 6.50. The third-order valence-electron chi connectivity index (χ3n) is 2.31. The smallest absolute Gasteiger partial charge is 0.338 e. The van der Waals surface area contributed by atoms with E-state index in [0.717, 1.165) is 18.6 Å². The number of hydrogen-bond acceptors (Lipinski definition) is 3. The van der Waals surface area contributed by atoms with Crippen molar-refractivity contribution in [3.05, 3.63) is 29.8 Å². The Hall–Kier alpha value is -1.03. The Kier molecular flexibility index (Phi) is 6.05. The Morgan fingerprint density at radius 1 is 1.35 bits per heavy atom. The van der Waals surface area contributed by atoms with Crippen LogP contribution in [0.4, 0.5) is 0 Å². The third kappa shape index (κ3) is 5.22. The molecule has 0 saturated carbocycles. The summed E-state index contributed by atoms with van der Waals surface area (Å²) in [5.41, 5.74) is 0.553. The fraction of sp³-hybridized carbons (Fsp3) is 0.462. The van der Waals surface area contributed by atoms with E-state index in [9.17, 15) is 4.79 Å². The predicted octanol–water partition coefficient (Wildman–Crippen LogP) is 3.42. The molecule has 17 heavy (non-hydrogen) atoms. The van der Waals surface area contributed by atoms with Crippen molar-refractivity contribution in [2.45, 2.75) is 24.6 Å². The Bertz CT molecular complexity index is 346. The number of carbonyl (C=O) groups is 1. The van der Waals surface area contributed by atoms with Crippen LogP contribution < -0.4 is 4.74 Å². The van der Waals surface area contributed by atoms with Crippen LogP contribution in [-0.2, 0) is 4.74 Å². The molecule has 1 rings (SSSR count). The molecule has 0 aliphatic carbocycles. The van der Waals surface area contributed by atoms with Crippen LogP contribution in [-0.4, -0.2) is 24.5 Å². The van der Waals surface area contributed by atoms with Gasteiger partial charge < -0.3 is 9.47 Å². The number of hydrogen-bond donors (Lipinski definition) is 0. The molecule has 94 valence electrons. The van der Waals surface area contributed by atoms with Gasteiger partial charge in [0.25, 0.3) is 0 Å². The molecule has 0 fully saturated rings. The molecule has 0 spiro atoms. The lowest BCUT2D eigenvalue weighted by Gasteiger charge is -2.06. The molecule has 0 N–H and O–H groups in total. The normalized spacial score (nSPS) is 11.9. The molecule has 0 aromatic heterocycles. The molecule has 0 bridgehead atoms. The number of methoxy groups -OCH3 is 1. The van der Waals surface area contributed by atoms with E-state index in [4.69, 9.17) is 9.47 Å². The van der Waals surface area contributed by atoms with E-state index in [1.165, 1.54) is 0 Å². The second-order valence-electron chi connectivity index (χ2n) is 3.79.